The van der Waals surface area contributed by atoms with Crippen molar-refractivity contribution in [3.05, 3.63) is 46.4 Å². The Morgan fingerprint density at radius 2 is 2.00 bits per heavy atom. The Hall–Kier alpha value is -2.10. The summed E-state index contributed by atoms with van der Waals surface area (Å²) in [7, 11) is 0. The number of amides is 1. The number of nitrogens with zero attached hydrogens (tertiary/aromatic N) is 1. The number of aromatic nitrogens is 1. The molecule has 122 valence electrons. The van der Waals surface area contributed by atoms with E-state index in [1.54, 1.807) is 4.57 Å². The maximum Gasteiger partial charge on any atom is 0.268 e. The summed E-state index contributed by atoms with van der Waals surface area (Å²) in [4.78, 5) is 25.5. The van der Waals surface area contributed by atoms with Crippen molar-refractivity contribution in [2.45, 2.75) is 58.0 Å². The molecular formula is C19H24N2O2. The van der Waals surface area contributed by atoms with Gasteiger partial charge in [0.25, 0.3) is 11.5 Å². The lowest BCUT2D eigenvalue weighted by Gasteiger charge is -2.17. The van der Waals surface area contributed by atoms with Crippen molar-refractivity contribution in [2.75, 3.05) is 0 Å². The number of hydrogen-bond donors (Lipinski definition) is 1. The van der Waals surface area contributed by atoms with E-state index in [2.05, 4.69) is 12.2 Å². The first-order valence-corrected chi connectivity index (χ1v) is 8.64. The zero-order valence-corrected chi connectivity index (χ0v) is 13.7. The van der Waals surface area contributed by atoms with E-state index in [-0.39, 0.29) is 17.5 Å². The van der Waals surface area contributed by atoms with Crippen molar-refractivity contribution in [1.82, 2.24) is 9.88 Å². The Bertz CT molecular complexity index is 758. The topological polar surface area (TPSA) is 51.1 Å². The molecule has 23 heavy (non-hydrogen) atoms. The Morgan fingerprint density at radius 1 is 1.26 bits per heavy atom. The molecular weight excluding hydrogens is 288 g/mol. The van der Waals surface area contributed by atoms with Gasteiger partial charge < -0.3 is 9.88 Å². The van der Waals surface area contributed by atoms with Crippen LogP contribution in [0.2, 0.25) is 0 Å². The van der Waals surface area contributed by atoms with Gasteiger partial charge in [0.15, 0.2) is 0 Å². The Kier molecular flexibility index (Phi) is 4.79. The minimum absolute atomic E-state index is 0.0619. The van der Waals surface area contributed by atoms with E-state index in [9.17, 15) is 9.59 Å². The fourth-order valence-electron chi connectivity index (χ4n) is 3.35. The number of pyridine rings is 1. The highest BCUT2D eigenvalue weighted by molar-refractivity contribution is 5.96. The van der Waals surface area contributed by atoms with Gasteiger partial charge >= 0.3 is 0 Å². The molecule has 4 nitrogen and oxygen atoms in total. The van der Waals surface area contributed by atoms with Crippen molar-refractivity contribution in [3.8, 4) is 0 Å². The van der Waals surface area contributed by atoms with Gasteiger partial charge in [-0.05, 0) is 36.8 Å². The molecule has 2 aromatic rings. The predicted octanol–water partition coefficient (Wildman–Crippen LogP) is 3.47. The summed E-state index contributed by atoms with van der Waals surface area (Å²) in [6.07, 6.45) is 6.30. The van der Waals surface area contributed by atoms with Crippen molar-refractivity contribution in [1.29, 1.82) is 0 Å². The van der Waals surface area contributed by atoms with Gasteiger partial charge in [-0.15, -0.1) is 0 Å². The molecule has 0 saturated heterocycles. The van der Waals surface area contributed by atoms with E-state index in [1.807, 2.05) is 30.3 Å². The number of carbonyl (C=O) groups excluding carboxylic acids is 1. The Morgan fingerprint density at radius 3 is 2.74 bits per heavy atom. The van der Waals surface area contributed by atoms with E-state index in [1.165, 1.54) is 12.8 Å². The molecule has 3 rings (SSSR count). The van der Waals surface area contributed by atoms with Crippen LogP contribution in [-0.2, 0) is 6.54 Å². The highest BCUT2D eigenvalue weighted by Crippen LogP contribution is 2.19. The molecule has 0 radical (unpaired) electrons. The fraction of sp³-hybridized carbons (Fsp3) is 0.474. The maximum atomic E-state index is 12.8. The highest BCUT2D eigenvalue weighted by atomic mass is 16.2. The van der Waals surface area contributed by atoms with Crippen molar-refractivity contribution >= 4 is 16.7 Å². The second-order valence-corrected chi connectivity index (χ2v) is 6.38. The summed E-state index contributed by atoms with van der Waals surface area (Å²) in [6, 6.07) is 9.61. The zero-order chi connectivity index (χ0) is 16.2. The number of carbonyl (C=O) groups is 1. The summed E-state index contributed by atoms with van der Waals surface area (Å²) in [5, 5.41) is 4.62. The first-order chi connectivity index (χ1) is 11.2. The fourth-order valence-corrected chi connectivity index (χ4v) is 3.35. The molecule has 1 amide bonds. The maximum absolute atomic E-state index is 12.8. The molecule has 1 N–H and O–H groups in total. The SMILES string of the molecule is CCCCn1c(C(=O)NC2CCCC2)cc2ccccc2c1=O. The van der Waals surface area contributed by atoms with Crippen LogP contribution in [0.1, 0.15) is 55.9 Å². The van der Waals surface area contributed by atoms with E-state index >= 15 is 0 Å². The lowest BCUT2D eigenvalue weighted by Crippen LogP contribution is -2.37. The molecule has 1 aliphatic carbocycles. The van der Waals surface area contributed by atoms with E-state index in [4.69, 9.17) is 0 Å². The van der Waals surface area contributed by atoms with E-state index in [0.29, 0.717) is 17.6 Å². The molecule has 1 aliphatic rings. The average molecular weight is 312 g/mol. The summed E-state index contributed by atoms with van der Waals surface area (Å²) in [6.45, 7) is 2.68. The third-order valence-corrected chi connectivity index (χ3v) is 4.68. The van der Waals surface area contributed by atoms with Crippen molar-refractivity contribution in [3.63, 3.8) is 0 Å². The van der Waals surface area contributed by atoms with Crippen LogP contribution in [0.3, 0.4) is 0 Å². The van der Waals surface area contributed by atoms with Crippen molar-refractivity contribution in [2.24, 2.45) is 0 Å². The standard InChI is InChI=1S/C19H24N2O2/c1-2-3-12-21-17(18(22)20-15-9-5-6-10-15)13-14-8-4-7-11-16(14)19(21)23/h4,7-8,11,13,15H,2-3,5-6,9-10,12H2,1H3,(H,20,22). The summed E-state index contributed by atoms with van der Waals surface area (Å²) in [5.41, 5.74) is 0.433. The van der Waals surface area contributed by atoms with Crippen LogP contribution in [0, 0.1) is 0 Å². The second-order valence-electron chi connectivity index (χ2n) is 6.38. The number of rotatable bonds is 5. The molecule has 1 fully saturated rings. The third kappa shape index (κ3) is 3.31. The molecule has 1 saturated carbocycles. The smallest absolute Gasteiger partial charge is 0.268 e. The van der Waals surface area contributed by atoms with Crippen LogP contribution in [0.15, 0.2) is 35.1 Å². The van der Waals surface area contributed by atoms with Gasteiger partial charge in [-0.2, -0.15) is 0 Å². The first-order valence-electron chi connectivity index (χ1n) is 8.64. The van der Waals surface area contributed by atoms with Gasteiger partial charge in [-0.25, -0.2) is 0 Å². The van der Waals surface area contributed by atoms with Crippen LogP contribution in [0.5, 0.6) is 0 Å². The number of unbranched alkanes of at least 4 members (excludes halogenated alkanes) is 1. The van der Waals surface area contributed by atoms with Gasteiger partial charge in [0, 0.05) is 18.0 Å². The van der Waals surface area contributed by atoms with Crippen LogP contribution in [-0.4, -0.2) is 16.5 Å². The molecule has 1 aromatic carbocycles. The summed E-state index contributed by atoms with van der Waals surface area (Å²) in [5.74, 6) is -0.115. The number of nitrogens with one attached hydrogen (secondary N) is 1. The second kappa shape index (κ2) is 6.99. The lowest BCUT2D eigenvalue weighted by atomic mass is 10.1. The first kappa shape index (κ1) is 15.8. The minimum atomic E-state index is -0.115. The molecule has 0 atom stereocenters. The number of hydrogen-bond acceptors (Lipinski definition) is 2. The molecule has 1 heterocycles. The zero-order valence-electron chi connectivity index (χ0n) is 13.7. The van der Waals surface area contributed by atoms with Gasteiger partial charge in [0.1, 0.15) is 5.69 Å². The van der Waals surface area contributed by atoms with Crippen LogP contribution >= 0.6 is 0 Å². The van der Waals surface area contributed by atoms with E-state index in [0.717, 1.165) is 31.1 Å². The molecule has 1 aromatic heterocycles. The number of benzene rings is 1. The van der Waals surface area contributed by atoms with E-state index < -0.39 is 0 Å². The van der Waals surface area contributed by atoms with Crippen LogP contribution < -0.4 is 10.9 Å². The number of fused-ring (bicyclic) bond motifs is 1. The average Bonchev–Trinajstić information content (AvgIpc) is 3.07. The summed E-state index contributed by atoms with van der Waals surface area (Å²) >= 11 is 0. The molecule has 0 aliphatic heterocycles. The lowest BCUT2D eigenvalue weighted by molar-refractivity contribution is 0.0927. The molecule has 0 bridgehead atoms. The third-order valence-electron chi connectivity index (χ3n) is 4.68. The predicted molar refractivity (Wildman–Crippen MR) is 92.8 cm³/mol. The van der Waals surface area contributed by atoms with Gasteiger partial charge in [-0.3, -0.25) is 9.59 Å². The van der Waals surface area contributed by atoms with Gasteiger partial charge in [0.2, 0.25) is 0 Å². The Labute approximate surface area is 136 Å². The quantitative estimate of drug-likeness (QED) is 0.919. The monoisotopic (exact) mass is 312 g/mol. The summed E-state index contributed by atoms with van der Waals surface area (Å²) < 4.78 is 1.65. The normalized spacial score (nSPS) is 15.2. The van der Waals surface area contributed by atoms with Gasteiger partial charge in [0.05, 0.1) is 0 Å². The largest absolute Gasteiger partial charge is 0.348 e. The van der Waals surface area contributed by atoms with Crippen LogP contribution in [0.4, 0.5) is 0 Å². The Balaban J connectivity index is 2.01. The highest BCUT2D eigenvalue weighted by Gasteiger charge is 2.21. The molecule has 4 heteroatoms. The minimum Gasteiger partial charge on any atom is -0.348 e. The van der Waals surface area contributed by atoms with Crippen molar-refractivity contribution < 1.29 is 4.79 Å². The molecule has 0 unspecified atom stereocenters. The van der Waals surface area contributed by atoms with Gasteiger partial charge in [-0.1, -0.05) is 44.4 Å². The van der Waals surface area contributed by atoms with Crippen LogP contribution in [0.25, 0.3) is 10.8 Å². The molecule has 0 spiro atoms.